The summed E-state index contributed by atoms with van der Waals surface area (Å²) in [4.78, 5) is 27.5. The van der Waals surface area contributed by atoms with Crippen LogP contribution in [0.3, 0.4) is 0 Å². The molecule has 2 rings (SSSR count). The molecule has 1 saturated carbocycles. The van der Waals surface area contributed by atoms with Gasteiger partial charge in [-0.25, -0.2) is 10.8 Å². The number of hydrogen-bond acceptors (Lipinski definition) is 5. The van der Waals surface area contributed by atoms with Gasteiger partial charge in [0.05, 0.1) is 5.56 Å². The van der Waals surface area contributed by atoms with E-state index < -0.39 is 0 Å². The van der Waals surface area contributed by atoms with E-state index in [1.165, 1.54) is 0 Å². The molecule has 21 heavy (non-hydrogen) atoms. The second-order valence-corrected chi connectivity index (χ2v) is 5.81. The Morgan fingerprint density at radius 1 is 1.43 bits per heavy atom. The summed E-state index contributed by atoms with van der Waals surface area (Å²) in [5.74, 6) is 5.40. The number of hydrogen-bond donors (Lipinski definition) is 4. The summed E-state index contributed by atoms with van der Waals surface area (Å²) in [5.41, 5.74) is 2.74. The minimum atomic E-state index is -0.278. The lowest BCUT2D eigenvalue weighted by Crippen LogP contribution is -2.29. The molecule has 1 aromatic heterocycles. The summed E-state index contributed by atoms with van der Waals surface area (Å²) in [6, 6.07) is 2.01. The molecule has 0 unspecified atom stereocenters. The molecular formula is C13H18BrN5O2. The van der Waals surface area contributed by atoms with Crippen molar-refractivity contribution in [3.8, 4) is 0 Å². The summed E-state index contributed by atoms with van der Waals surface area (Å²) in [6.07, 6.45) is 4.71. The van der Waals surface area contributed by atoms with Crippen molar-refractivity contribution in [2.75, 3.05) is 12.0 Å². The van der Waals surface area contributed by atoms with Gasteiger partial charge in [0.15, 0.2) is 5.82 Å². The van der Waals surface area contributed by atoms with Crippen LogP contribution in [0.15, 0.2) is 16.7 Å². The van der Waals surface area contributed by atoms with E-state index in [0.29, 0.717) is 41.3 Å². The number of hydrazine groups is 1. The first kappa shape index (κ1) is 15.7. The molecule has 114 valence electrons. The maximum absolute atomic E-state index is 12.0. The smallest absolute Gasteiger partial charge is 0.255 e. The Kier molecular flexibility index (Phi) is 5.51. The number of rotatable bonds is 7. The molecule has 0 radical (unpaired) electrons. The molecule has 2 amide bonds. The van der Waals surface area contributed by atoms with Crippen molar-refractivity contribution in [3.05, 3.63) is 22.3 Å². The first-order valence-electron chi connectivity index (χ1n) is 6.80. The number of nitrogens with one attached hydrogen (secondary N) is 3. The van der Waals surface area contributed by atoms with Gasteiger partial charge in [0.25, 0.3) is 5.91 Å². The summed E-state index contributed by atoms with van der Waals surface area (Å²) >= 11 is 3.26. The molecule has 1 fully saturated rings. The van der Waals surface area contributed by atoms with Crippen LogP contribution in [0.5, 0.6) is 0 Å². The Labute approximate surface area is 131 Å². The van der Waals surface area contributed by atoms with Crippen LogP contribution in [-0.2, 0) is 4.79 Å². The summed E-state index contributed by atoms with van der Waals surface area (Å²) < 4.78 is 0.690. The van der Waals surface area contributed by atoms with Crippen molar-refractivity contribution in [3.63, 3.8) is 0 Å². The maximum Gasteiger partial charge on any atom is 0.255 e. The van der Waals surface area contributed by atoms with Crippen molar-refractivity contribution in [1.29, 1.82) is 0 Å². The average molecular weight is 356 g/mol. The van der Waals surface area contributed by atoms with E-state index in [-0.39, 0.29) is 11.8 Å². The molecule has 1 heterocycles. The van der Waals surface area contributed by atoms with Gasteiger partial charge in [0.2, 0.25) is 5.91 Å². The number of nitrogens with two attached hydrogens (primary N) is 1. The second-order valence-electron chi connectivity index (χ2n) is 4.90. The summed E-state index contributed by atoms with van der Waals surface area (Å²) in [5, 5.41) is 5.65. The zero-order valence-electron chi connectivity index (χ0n) is 11.5. The van der Waals surface area contributed by atoms with E-state index in [0.717, 1.165) is 12.8 Å². The third-order valence-corrected chi connectivity index (χ3v) is 3.48. The number of carbonyl (C=O) groups excluding carboxylic acids is 2. The van der Waals surface area contributed by atoms with Crippen molar-refractivity contribution < 1.29 is 9.59 Å². The highest BCUT2D eigenvalue weighted by Crippen LogP contribution is 2.19. The predicted octanol–water partition coefficient (Wildman–Crippen LogP) is 0.918. The Balaban J connectivity index is 1.76. The van der Waals surface area contributed by atoms with E-state index in [9.17, 15) is 9.59 Å². The van der Waals surface area contributed by atoms with Crippen molar-refractivity contribution in [1.82, 2.24) is 15.6 Å². The number of pyridine rings is 1. The zero-order valence-corrected chi connectivity index (χ0v) is 13.1. The normalized spacial score (nSPS) is 13.6. The van der Waals surface area contributed by atoms with E-state index >= 15 is 0 Å². The summed E-state index contributed by atoms with van der Waals surface area (Å²) in [7, 11) is 0. The van der Waals surface area contributed by atoms with Gasteiger partial charge < -0.3 is 16.1 Å². The number of amides is 2. The molecule has 0 spiro atoms. The Hall–Kier alpha value is -1.67. The summed E-state index contributed by atoms with van der Waals surface area (Å²) in [6.45, 7) is 0.424. The molecule has 1 aromatic rings. The van der Waals surface area contributed by atoms with E-state index in [1.54, 1.807) is 12.3 Å². The molecule has 7 nitrogen and oxygen atoms in total. The highest BCUT2D eigenvalue weighted by molar-refractivity contribution is 9.10. The Bertz CT molecular complexity index is 533. The highest BCUT2D eigenvalue weighted by Gasteiger charge is 2.22. The predicted molar refractivity (Wildman–Crippen MR) is 82.5 cm³/mol. The highest BCUT2D eigenvalue weighted by atomic mass is 79.9. The fourth-order valence-electron chi connectivity index (χ4n) is 1.80. The van der Waals surface area contributed by atoms with E-state index in [1.807, 2.05) is 0 Å². The average Bonchev–Trinajstić information content (AvgIpc) is 3.27. The van der Waals surface area contributed by atoms with Gasteiger partial charge in [0.1, 0.15) is 0 Å². The number of nitrogens with zero attached hydrogens (tertiary/aromatic N) is 1. The third kappa shape index (κ3) is 4.98. The molecule has 0 bridgehead atoms. The molecular weight excluding hydrogens is 338 g/mol. The van der Waals surface area contributed by atoms with Crippen LogP contribution in [0.25, 0.3) is 0 Å². The van der Waals surface area contributed by atoms with Crippen LogP contribution in [0, 0.1) is 0 Å². The lowest BCUT2D eigenvalue weighted by Gasteiger charge is -2.09. The first-order chi connectivity index (χ1) is 10.1. The minimum absolute atomic E-state index is 0.0418. The molecule has 8 heteroatoms. The number of halogens is 1. The van der Waals surface area contributed by atoms with Gasteiger partial charge in [-0.1, -0.05) is 0 Å². The Morgan fingerprint density at radius 2 is 2.19 bits per heavy atom. The monoisotopic (exact) mass is 355 g/mol. The molecule has 0 aliphatic heterocycles. The lowest BCUT2D eigenvalue weighted by atomic mass is 10.2. The van der Waals surface area contributed by atoms with Crippen LogP contribution >= 0.6 is 15.9 Å². The molecule has 1 aliphatic carbocycles. The lowest BCUT2D eigenvalue weighted by molar-refractivity contribution is -0.121. The van der Waals surface area contributed by atoms with Gasteiger partial charge in [-0.3, -0.25) is 9.59 Å². The van der Waals surface area contributed by atoms with Crippen LogP contribution in [-0.4, -0.2) is 29.4 Å². The topological polar surface area (TPSA) is 109 Å². The number of aromatic nitrogens is 1. The van der Waals surface area contributed by atoms with Gasteiger partial charge in [0, 0.05) is 29.7 Å². The van der Waals surface area contributed by atoms with E-state index in [4.69, 9.17) is 5.84 Å². The van der Waals surface area contributed by atoms with Crippen molar-refractivity contribution in [2.45, 2.75) is 31.7 Å². The van der Waals surface area contributed by atoms with Gasteiger partial charge >= 0.3 is 0 Å². The Morgan fingerprint density at radius 3 is 2.86 bits per heavy atom. The van der Waals surface area contributed by atoms with Crippen molar-refractivity contribution in [2.24, 2.45) is 5.84 Å². The van der Waals surface area contributed by atoms with E-state index in [2.05, 4.69) is 37.0 Å². The maximum atomic E-state index is 12.0. The van der Waals surface area contributed by atoms with Crippen LogP contribution in [0.4, 0.5) is 5.82 Å². The molecule has 0 aromatic carbocycles. The van der Waals surface area contributed by atoms with Gasteiger partial charge in [-0.15, -0.1) is 0 Å². The first-order valence-corrected chi connectivity index (χ1v) is 7.59. The van der Waals surface area contributed by atoms with Gasteiger partial charge in [-0.2, -0.15) is 0 Å². The quantitative estimate of drug-likeness (QED) is 0.330. The molecule has 0 saturated heterocycles. The fraction of sp³-hybridized carbons (Fsp3) is 0.462. The second kappa shape index (κ2) is 7.37. The molecule has 5 N–H and O–H groups in total. The molecule has 1 aliphatic rings. The number of carbonyl (C=O) groups is 2. The number of anilines is 1. The zero-order chi connectivity index (χ0) is 15.2. The minimum Gasteiger partial charge on any atom is -0.353 e. The largest absolute Gasteiger partial charge is 0.353 e. The third-order valence-electron chi connectivity index (χ3n) is 3.04. The van der Waals surface area contributed by atoms with Crippen molar-refractivity contribution >= 4 is 33.6 Å². The molecule has 0 atom stereocenters. The SMILES string of the molecule is NNc1ncc(Br)cc1C(=O)NCCCC(=O)NC1CC1. The van der Waals surface area contributed by atoms with Crippen LogP contribution in [0.1, 0.15) is 36.0 Å². The van der Waals surface area contributed by atoms with Gasteiger partial charge in [-0.05, 0) is 41.3 Å². The van der Waals surface area contributed by atoms with Crippen LogP contribution in [0.2, 0.25) is 0 Å². The fourth-order valence-corrected chi connectivity index (χ4v) is 2.13. The standard InChI is InChI=1S/C13H18BrN5O2/c14-8-6-10(12(19-15)17-7-8)13(21)16-5-1-2-11(20)18-9-3-4-9/h6-7,9H,1-5,15H2,(H,16,21)(H,17,19)(H,18,20). The number of nitrogen functional groups attached to an aromatic ring is 1. The van der Waals surface area contributed by atoms with Crippen LogP contribution < -0.4 is 21.9 Å².